The van der Waals surface area contributed by atoms with Crippen LogP contribution in [0.3, 0.4) is 0 Å². The van der Waals surface area contributed by atoms with Crippen LogP contribution in [0.25, 0.3) is 10.2 Å². The minimum atomic E-state index is -0.872. The molecule has 3 aromatic rings. The highest BCUT2D eigenvalue weighted by Crippen LogP contribution is 2.42. The van der Waals surface area contributed by atoms with Crippen molar-refractivity contribution in [1.82, 2.24) is 10.3 Å². The fourth-order valence-corrected chi connectivity index (χ4v) is 3.80. The molecule has 5 nitrogen and oxygen atoms in total. The number of rotatable bonds is 6. The SMILES string of the molecule is CCC(=O)NC1OC1c1c(F)ccc(OCc2nc3cc(Cl)ccc3s2)c1F. The van der Waals surface area contributed by atoms with Gasteiger partial charge in [-0.2, -0.15) is 0 Å². The number of carbonyl (C=O) groups is 1. The number of nitrogens with zero attached hydrogens (tertiary/aromatic N) is 1. The Morgan fingerprint density at radius 2 is 2.18 bits per heavy atom. The molecule has 2 aromatic carbocycles. The van der Waals surface area contributed by atoms with E-state index in [1.807, 2.05) is 6.07 Å². The Morgan fingerprint density at radius 1 is 1.36 bits per heavy atom. The molecule has 4 rings (SSSR count). The molecule has 0 aliphatic carbocycles. The fraction of sp³-hybridized carbons (Fsp3) is 0.263. The second kappa shape index (κ2) is 7.62. The summed E-state index contributed by atoms with van der Waals surface area (Å²) >= 11 is 7.36. The average molecular weight is 425 g/mol. The summed E-state index contributed by atoms with van der Waals surface area (Å²) in [6, 6.07) is 7.70. The van der Waals surface area contributed by atoms with Crippen molar-refractivity contribution >= 4 is 39.1 Å². The summed E-state index contributed by atoms with van der Waals surface area (Å²) in [7, 11) is 0. The van der Waals surface area contributed by atoms with Crippen molar-refractivity contribution in [1.29, 1.82) is 0 Å². The van der Waals surface area contributed by atoms with Crippen LogP contribution >= 0.6 is 22.9 Å². The van der Waals surface area contributed by atoms with Crippen molar-refractivity contribution in [3.63, 3.8) is 0 Å². The number of hydrogen-bond donors (Lipinski definition) is 1. The van der Waals surface area contributed by atoms with Crippen LogP contribution in [0.2, 0.25) is 5.02 Å². The van der Waals surface area contributed by atoms with Gasteiger partial charge in [0.1, 0.15) is 23.5 Å². The lowest BCUT2D eigenvalue weighted by atomic mass is 10.1. The topological polar surface area (TPSA) is 63.8 Å². The molecule has 1 aliphatic heterocycles. The minimum absolute atomic E-state index is 0.0283. The van der Waals surface area contributed by atoms with E-state index in [1.165, 1.54) is 17.4 Å². The Balaban J connectivity index is 1.50. The van der Waals surface area contributed by atoms with E-state index in [2.05, 4.69) is 10.3 Å². The van der Waals surface area contributed by atoms with E-state index >= 15 is 0 Å². The predicted molar refractivity (Wildman–Crippen MR) is 101 cm³/mol. The first-order chi connectivity index (χ1) is 13.5. The molecule has 2 heterocycles. The molecular weight excluding hydrogens is 410 g/mol. The number of aromatic nitrogens is 1. The molecule has 0 bridgehead atoms. The normalized spacial score (nSPS) is 18.3. The summed E-state index contributed by atoms with van der Waals surface area (Å²) in [4.78, 5) is 15.8. The van der Waals surface area contributed by atoms with Crippen molar-refractivity contribution < 1.29 is 23.0 Å². The molecule has 1 aliphatic rings. The van der Waals surface area contributed by atoms with Crippen molar-refractivity contribution in [2.24, 2.45) is 0 Å². The van der Waals surface area contributed by atoms with Gasteiger partial charge in [-0.05, 0) is 30.3 Å². The minimum Gasteiger partial charge on any atom is -0.483 e. The van der Waals surface area contributed by atoms with Gasteiger partial charge in [0.05, 0.1) is 15.8 Å². The zero-order valence-electron chi connectivity index (χ0n) is 14.7. The fourth-order valence-electron chi connectivity index (χ4n) is 2.77. The van der Waals surface area contributed by atoms with Gasteiger partial charge in [-0.15, -0.1) is 11.3 Å². The van der Waals surface area contributed by atoms with Crippen LogP contribution in [-0.4, -0.2) is 17.1 Å². The highest BCUT2D eigenvalue weighted by Gasteiger charge is 2.45. The lowest BCUT2D eigenvalue weighted by Crippen LogP contribution is -2.25. The maximum Gasteiger partial charge on any atom is 0.221 e. The number of thiazole rings is 1. The van der Waals surface area contributed by atoms with E-state index in [0.29, 0.717) is 10.0 Å². The smallest absolute Gasteiger partial charge is 0.221 e. The number of fused-ring (bicyclic) bond motifs is 1. The zero-order valence-corrected chi connectivity index (χ0v) is 16.2. The van der Waals surface area contributed by atoms with Gasteiger partial charge in [0.2, 0.25) is 5.91 Å². The number of benzene rings is 2. The largest absolute Gasteiger partial charge is 0.483 e. The van der Waals surface area contributed by atoms with Gasteiger partial charge in [0, 0.05) is 11.4 Å². The number of hydrogen-bond acceptors (Lipinski definition) is 5. The lowest BCUT2D eigenvalue weighted by Gasteiger charge is -2.09. The van der Waals surface area contributed by atoms with E-state index in [4.69, 9.17) is 21.1 Å². The van der Waals surface area contributed by atoms with Crippen molar-refractivity contribution in [2.75, 3.05) is 0 Å². The lowest BCUT2D eigenvalue weighted by molar-refractivity contribution is -0.121. The third kappa shape index (κ3) is 3.80. The van der Waals surface area contributed by atoms with Gasteiger partial charge in [-0.3, -0.25) is 4.79 Å². The summed E-state index contributed by atoms with van der Waals surface area (Å²) < 4.78 is 40.6. The third-order valence-corrected chi connectivity index (χ3v) is 5.48. The maximum absolute atomic E-state index is 14.8. The first kappa shape index (κ1) is 19.0. The van der Waals surface area contributed by atoms with E-state index in [1.54, 1.807) is 19.1 Å². The molecule has 28 heavy (non-hydrogen) atoms. The molecule has 1 saturated heterocycles. The molecule has 1 fully saturated rings. The van der Waals surface area contributed by atoms with E-state index in [0.717, 1.165) is 16.3 Å². The maximum atomic E-state index is 14.8. The van der Waals surface area contributed by atoms with E-state index < -0.39 is 24.0 Å². The van der Waals surface area contributed by atoms with Crippen LogP contribution in [0.1, 0.15) is 30.0 Å². The molecule has 146 valence electrons. The number of carbonyl (C=O) groups excluding carboxylic acids is 1. The molecular formula is C19H15ClF2N2O3S. The van der Waals surface area contributed by atoms with Gasteiger partial charge >= 0.3 is 0 Å². The number of nitrogens with one attached hydrogen (secondary N) is 1. The van der Waals surface area contributed by atoms with Crippen molar-refractivity contribution in [3.05, 3.63) is 57.6 Å². The van der Waals surface area contributed by atoms with Crippen molar-refractivity contribution in [3.8, 4) is 5.75 Å². The standard InChI is InChI=1S/C19H15ClF2N2O3S/c1-2-14(25)24-19-18(27-19)16-10(21)4-5-12(17(16)22)26-8-15-23-11-7-9(20)3-6-13(11)28-15/h3-7,18-19H,2,8H2,1H3,(H,24,25). The zero-order chi connectivity index (χ0) is 19.8. The van der Waals surface area contributed by atoms with Crippen molar-refractivity contribution in [2.45, 2.75) is 32.3 Å². The third-order valence-electron chi connectivity index (χ3n) is 4.24. The predicted octanol–water partition coefficient (Wildman–Crippen LogP) is 4.73. The van der Waals surface area contributed by atoms with Gasteiger partial charge in [0.15, 0.2) is 17.8 Å². The Morgan fingerprint density at radius 3 is 2.96 bits per heavy atom. The van der Waals surface area contributed by atoms with E-state index in [-0.39, 0.29) is 30.2 Å². The summed E-state index contributed by atoms with van der Waals surface area (Å²) in [6.45, 7) is 1.71. The summed E-state index contributed by atoms with van der Waals surface area (Å²) in [6.07, 6.45) is -1.35. The Kier molecular flexibility index (Phi) is 5.18. The van der Waals surface area contributed by atoms with Gasteiger partial charge < -0.3 is 14.8 Å². The quantitative estimate of drug-likeness (QED) is 0.581. The average Bonchev–Trinajstić information content (AvgIpc) is 3.28. The molecule has 0 radical (unpaired) electrons. The Labute approximate surface area is 168 Å². The molecule has 1 aromatic heterocycles. The molecule has 2 atom stereocenters. The number of halogens is 3. The molecule has 1 amide bonds. The number of epoxide rings is 1. The van der Waals surface area contributed by atoms with Gasteiger partial charge in [0.25, 0.3) is 0 Å². The summed E-state index contributed by atoms with van der Waals surface area (Å²) in [5.74, 6) is -1.96. The monoisotopic (exact) mass is 424 g/mol. The first-order valence-electron chi connectivity index (χ1n) is 8.56. The van der Waals surface area contributed by atoms with Gasteiger partial charge in [-0.25, -0.2) is 13.8 Å². The molecule has 1 N–H and O–H groups in total. The molecule has 0 spiro atoms. The Bertz CT molecular complexity index is 1060. The van der Waals surface area contributed by atoms with Gasteiger partial charge in [-0.1, -0.05) is 18.5 Å². The Hall–Kier alpha value is -2.29. The second-order valence-electron chi connectivity index (χ2n) is 6.18. The summed E-state index contributed by atoms with van der Waals surface area (Å²) in [5, 5.41) is 3.76. The number of ether oxygens (including phenoxy) is 2. The van der Waals surface area contributed by atoms with Crippen LogP contribution in [0, 0.1) is 11.6 Å². The summed E-state index contributed by atoms with van der Waals surface area (Å²) in [5.41, 5.74) is 0.479. The van der Waals surface area contributed by atoms with Crippen LogP contribution < -0.4 is 10.1 Å². The van der Waals surface area contributed by atoms with Crippen LogP contribution in [0.4, 0.5) is 8.78 Å². The van der Waals surface area contributed by atoms with Crippen LogP contribution in [0.5, 0.6) is 5.75 Å². The molecule has 0 saturated carbocycles. The first-order valence-corrected chi connectivity index (χ1v) is 9.76. The highest BCUT2D eigenvalue weighted by molar-refractivity contribution is 7.18. The highest BCUT2D eigenvalue weighted by atomic mass is 35.5. The second-order valence-corrected chi connectivity index (χ2v) is 7.73. The van der Waals surface area contributed by atoms with E-state index in [9.17, 15) is 13.6 Å². The van der Waals surface area contributed by atoms with Crippen LogP contribution in [0.15, 0.2) is 30.3 Å². The molecule has 2 unspecified atom stereocenters. The number of amides is 1. The van der Waals surface area contributed by atoms with Crippen LogP contribution in [-0.2, 0) is 16.1 Å². The molecule has 9 heteroatoms.